The molecule has 2 aromatic carbocycles. The number of nitrogens with one attached hydrogen (secondary N) is 2. The van der Waals surface area contributed by atoms with Crippen LogP contribution in [-0.2, 0) is 4.79 Å². The topological polar surface area (TPSA) is 105 Å². The second-order valence-electron chi connectivity index (χ2n) is 9.07. The smallest absolute Gasteiger partial charge is 0.271 e. The number of nitro groups is 1. The molecule has 0 radical (unpaired) electrons. The van der Waals surface area contributed by atoms with E-state index in [4.69, 9.17) is 12.2 Å². The van der Waals surface area contributed by atoms with Gasteiger partial charge >= 0.3 is 0 Å². The number of amides is 1. The maximum absolute atomic E-state index is 12.8. The molecule has 38 heavy (non-hydrogen) atoms. The van der Waals surface area contributed by atoms with Gasteiger partial charge in [-0.05, 0) is 67.2 Å². The number of benzene rings is 2. The van der Waals surface area contributed by atoms with Crippen LogP contribution in [0.25, 0.3) is 5.69 Å². The molecule has 1 aliphatic rings. The van der Waals surface area contributed by atoms with Crippen LogP contribution in [0.3, 0.4) is 0 Å². The van der Waals surface area contributed by atoms with E-state index >= 15 is 0 Å². The molecule has 2 N–H and O–H groups in total. The minimum Gasteiger partial charge on any atom is -0.352 e. The van der Waals surface area contributed by atoms with Crippen LogP contribution in [0, 0.1) is 17.0 Å². The fourth-order valence-electron chi connectivity index (χ4n) is 4.76. The molecule has 3 heterocycles. The predicted octanol–water partition coefficient (Wildman–Crippen LogP) is 5.09. The third-order valence-corrected chi connectivity index (χ3v) is 6.83. The lowest BCUT2D eigenvalue weighted by Gasteiger charge is -2.28. The van der Waals surface area contributed by atoms with Gasteiger partial charge in [0, 0.05) is 48.9 Å². The largest absolute Gasteiger partial charge is 0.352 e. The normalized spacial score (nSPS) is 16.8. The van der Waals surface area contributed by atoms with Gasteiger partial charge in [-0.3, -0.25) is 19.9 Å². The highest BCUT2D eigenvalue weighted by atomic mass is 32.1. The van der Waals surface area contributed by atoms with Gasteiger partial charge in [0.1, 0.15) is 0 Å². The van der Waals surface area contributed by atoms with Gasteiger partial charge in [0.25, 0.3) is 5.69 Å². The quantitative estimate of drug-likeness (QED) is 0.187. The second kappa shape index (κ2) is 10.8. The van der Waals surface area contributed by atoms with Crippen LogP contribution in [0.5, 0.6) is 0 Å². The van der Waals surface area contributed by atoms with Gasteiger partial charge in [-0.2, -0.15) is 0 Å². The molecular formula is C28H26N6O3S. The van der Waals surface area contributed by atoms with Crippen molar-refractivity contribution in [3.05, 3.63) is 118 Å². The third-order valence-electron chi connectivity index (χ3n) is 6.48. The molecule has 2 aromatic heterocycles. The summed E-state index contributed by atoms with van der Waals surface area (Å²) in [6, 6.07) is 23.1. The molecule has 1 fully saturated rings. The highest BCUT2D eigenvalue weighted by Gasteiger charge is 2.41. The molecule has 2 atom stereocenters. The van der Waals surface area contributed by atoms with Crippen LogP contribution in [0.2, 0.25) is 0 Å². The number of hydrogen-bond donors (Lipinski definition) is 2. The zero-order valence-electron chi connectivity index (χ0n) is 20.7. The number of aromatic nitrogens is 2. The number of aryl methyl sites for hydroxylation is 1. The fourth-order valence-corrected chi connectivity index (χ4v) is 5.09. The standard InChI is InChI=1S/C28H26N6O3S/c1-19-7-4-8-20(17-19)30-25(35)13-16-33-27(26(31-28(33)38)23-11-2-3-14-29-23)24-12-6-15-32(24)21-9-5-10-22(18-21)34(36)37/h2-12,14-15,17-18,26-27H,13,16H2,1H3,(H,30,35)(H,31,38)/t26-,27+/m0/s1. The Balaban J connectivity index is 1.46. The van der Waals surface area contributed by atoms with Crippen molar-refractivity contribution in [2.24, 2.45) is 0 Å². The van der Waals surface area contributed by atoms with Gasteiger partial charge in [-0.1, -0.05) is 24.3 Å². The average Bonchev–Trinajstić information content (AvgIpc) is 3.52. The molecule has 5 rings (SSSR count). The molecule has 0 saturated carbocycles. The lowest BCUT2D eigenvalue weighted by atomic mass is 10.0. The van der Waals surface area contributed by atoms with Crippen molar-refractivity contribution in [1.29, 1.82) is 0 Å². The molecule has 0 spiro atoms. The number of non-ortho nitro benzene ring substituents is 1. The van der Waals surface area contributed by atoms with Gasteiger partial charge < -0.3 is 20.1 Å². The lowest BCUT2D eigenvalue weighted by molar-refractivity contribution is -0.384. The lowest BCUT2D eigenvalue weighted by Crippen LogP contribution is -2.33. The summed E-state index contributed by atoms with van der Waals surface area (Å²) in [4.78, 5) is 30.4. The molecule has 1 aliphatic heterocycles. The van der Waals surface area contributed by atoms with Crippen LogP contribution < -0.4 is 10.6 Å². The Bertz CT molecular complexity index is 1490. The fraction of sp³-hybridized carbons (Fsp3) is 0.179. The van der Waals surface area contributed by atoms with Gasteiger partial charge in [-0.15, -0.1) is 0 Å². The van der Waals surface area contributed by atoms with E-state index in [9.17, 15) is 14.9 Å². The van der Waals surface area contributed by atoms with Crippen molar-refractivity contribution < 1.29 is 9.72 Å². The maximum Gasteiger partial charge on any atom is 0.271 e. The van der Waals surface area contributed by atoms with E-state index in [1.807, 2.05) is 83.3 Å². The first-order chi connectivity index (χ1) is 18.4. The number of rotatable bonds is 8. The van der Waals surface area contributed by atoms with E-state index in [-0.39, 0.29) is 30.1 Å². The number of hydrogen-bond acceptors (Lipinski definition) is 5. The van der Waals surface area contributed by atoms with E-state index < -0.39 is 4.92 Å². The Morgan fingerprint density at radius 2 is 1.95 bits per heavy atom. The molecule has 1 amide bonds. The molecule has 0 bridgehead atoms. The van der Waals surface area contributed by atoms with Crippen molar-refractivity contribution in [2.45, 2.75) is 25.4 Å². The second-order valence-corrected chi connectivity index (χ2v) is 9.45. The zero-order chi connectivity index (χ0) is 26.6. The average molecular weight is 527 g/mol. The number of carbonyl (C=O) groups excluding carboxylic acids is 1. The van der Waals surface area contributed by atoms with E-state index in [0.717, 1.165) is 22.6 Å². The molecule has 9 nitrogen and oxygen atoms in total. The minimum atomic E-state index is -0.408. The number of pyridine rings is 1. The molecular weight excluding hydrogens is 500 g/mol. The van der Waals surface area contributed by atoms with Crippen molar-refractivity contribution >= 4 is 34.6 Å². The van der Waals surface area contributed by atoms with E-state index in [1.165, 1.54) is 6.07 Å². The first-order valence-corrected chi connectivity index (χ1v) is 12.6. The summed E-state index contributed by atoms with van der Waals surface area (Å²) in [5.41, 5.74) is 4.15. The highest BCUT2D eigenvalue weighted by molar-refractivity contribution is 7.80. The van der Waals surface area contributed by atoms with Gasteiger partial charge in [-0.25, -0.2) is 0 Å². The number of carbonyl (C=O) groups is 1. The van der Waals surface area contributed by atoms with Crippen LogP contribution >= 0.6 is 12.2 Å². The van der Waals surface area contributed by atoms with E-state index in [2.05, 4.69) is 15.6 Å². The molecule has 10 heteroatoms. The Hall–Kier alpha value is -4.57. The van der Waals surface area contributed by atoms with Crippen LogP contribution in [0.4, 0.5) is 11.4 Å². The summed E-state index contributed by atoms with van der Waals surface area (Å²) in [5.74, 6) is -0.118. The number of anilines is 1. The van der Waals surface area contributed by atoms with Crippen molar-refractivity contribution in [2.75, 3.05) is 11.9 Å². The number of nitrogens with zero attached hydrogens (tertiary/aromatic N) is 4. The minimum absolute atomic E-state index is 0.00756. The highest BCUT2D eigenvalue weighted by Crippen LogP contribution is 2.39. The molecule has 0 aliphatic carbocycles. The molecule has 4 aromatic rings. The van der Waals surface area contributed by atoms with Crippen LogP contribution in [-0.4, -0.2) is 36.9 Å². The first-order valence-electron chi connectivity index (χ1n) is 12.2. The van der Waals surface area contributed by atoms with Crippen molar-refractivity contribution in [1.82, 2.24) is 19.8 Å². The van der Waals surface area contributed by atoms with Crippen molar-refractivity contribution in [3.8, 4) is 5.69 Å². The Morgan fingerprint density at radius 3 is 2.71 bits per heavy atom. The summed E-state index contributed by atoms with van der Waals surface area (Å²) in [6.45, 7) is 2.35. The predicted molar refractivity (Wildman–Crippen MR) is 149 cm³/mol. The molecule has 1 saturated heterocycles. The van der Waals surface area contributed by atoms with Crippen LogP contribution in [0.1, 0.15) is 35.5 Å². The van der Waals surface area contributed by atoms with E-state index in [1.54, 1.807) is 18.3 Å². The van der Waals surface area contributed by atoms with Crippen molar-refractivity contribution in [3.63, 3.8) is 0 Å². The van der Waals surface area contributed by atoms with Gasteiger partial charge in [0.15, 0.2) is 5.11 Å². The first kappa shape index (κ1) is 25.1. The zero-order valence-corrected chi connectivity index (χ0v) is 21.5. The maximum atomic E-state index is 12.8. The SMILES string of the molecule is Cc1cccc(NC(=O)CCN2C(=S)N[C@@H](c3ccccn3)[C@H]2c2cccn2-c2cccc([N+](=O)[O-])c2)c1. The van der Waals surface area contributed by atoms with Gasteiger partial charge in [0.05, 0.1) is 28.4 Å². The Kier molecular flexibility index (Phi) is 7.14. The monoisotopic (exact) mass is 526 g/mol. The molecule has 0 unspecified atom stereocenters. The van der Waals surface area contributed by atoms with E-state index in [0.29, 0.717) is 17.3 Å². The molecule has 192 valence electrons. The van der Waals surface area contributed by atoms with Crippen LogP contribution in [0.15, 0.2) is 91.3 Å². The van der Waals surface area contributed by atoms with Gasteiger partial charge in [0.2, 0.25) is 5.91 Å². The summed E-state index contributed by atoms with van der Waals surface area (Å²) in [6.07, 6.45) is 3.82. The summed E-state index contributed by atoms with van der Waals surface area (Å²) in [5, 5.41) is 18.3. The third kappa shape index (κ3) is 5.25. The Morgan fingerprint density at radius 1 is 1.11 bits per heavy atom. The number of thiocarbonyl (C=S) groups is 1. The number of nitro benzene ring substituents is 1. The Labute approximate surface area is 225 Å². The summed E-state index contributed by atoms with van der Waals surface area (Å²) >= 11 is 5.74. The summed E-state index contributed by atoms with van der Waals surface area (Å²) < 4.78 is 1.92. The summed E-state index contributed by atoms with van der Waals surface area (Å²) in [7, 11) is 0.